The third-order valence-electron chi connectivity index (χ3n) is 4.86. The SMILES string of the molecule is COc1nccc2c1[C@@H]1N[C@]1(c1ccccc1)[C@H](CO)C2. The smallest absolute Gasteiger partial charge is 0.218 e. The summed E-state index contributed by atoms with van der Waals surface area (Å²) in [7, 11) is 1.66. The van der Waals surface area contributed by atoms with Crippen LogP contribution in [-0.4, -0.2) is 23.8 Å². The second-order valence-electron chi connectivity index (χ2n) is 5.79. The number of benzene rings is 1. The van der Waals surface area contributed by atoms with Gasteiger partial charge in [0.25, 0.3) is 0 Å². The molecule has 2 aromatic rings. The second-order valence-corrected chi connectivity index (χ2v) is 5.79. The Kier molecular flexibility index (Phi) is 2.77. The molecule has 0 amide bonds. The molecule has 4 nitrogen and oxygen atoms in total. The minimum Gasteiger partial charge on any atom is -0.481 e. The molecule has 1 aliphatic heterocycles. The van der Waals surface area contributed by atoms with Crippen molar-refractivity contribution in [1.82, 2.24) is 10.3 Å². The van der Waals surface area contributed by atoms with Gasteiger partial charge in [0, 0.05) is 24.3 Å². The van der Waals surface area contributed by atoms with E-state index in [-0.39, 0.29) is 24.1 Å². The number of methoxy groups -OCH3 is 1. The topological polar surface area (TPSA) is 64.3 Å². The van der Waals surface area contributed by atoms with Gasteiger partial charge in [0.05, 0.1) is 18.7 Å². The van der Waals surface area contributed by atoms with Crippen molar-refractivity contribution in [2.75, 3.05) is 13.7 Å². The van der Waals surface area contributed by atoms with Gasteiger partial charge in [0.1, 0.15) is 0 Å². The molecule has 2 heterocycles. The zero-order valence-electron chi connectivity index (χ0n) is 11.9. The van der Waals surface area contributed by atoms with E-state index < -0.39 is 0 Å². The number of nitrogens with zero attached hydrogens (tertiary/aromatic N) is 1. The van der Waals surface area contributed by atoms with E-state index in [9.17, 15) is 5.11 Å². The highest BCUT2D eigenvalue weighted by Gasteiger charge is 2.63. The van der Waals surface area contributed by atoms with Gasteiger partial charge in [0.15, 0.2) is 0 Å². The first-order valence-corrected chi connectivity index (χ1v) is 7.27. The predicted molar refractivity (Wildman–Crippen MR) is 79.1 cm³/mol. The zero-order chi connectivity index (χ0) is 14.4. The van der Waals surface area contributed by atoms with Crippen LogP contribution < -0.4 is 10.1 Å². The number of pyridine rings is 1. The molecule has 1 aromatic heterocycles. The van der Waals surface area contributed by atoms with Crippen LogP contribution in [0.15, 0.2) is 42.6 Å². The Labute approximate surface area is 123 Å². The zero-order valence-corrected chi connectivity index (χ0v) is 11.9. The fraction of sp³-hybridized carbons (Fsp3) is 0.353. The van der Waals surface area contributed by atoms with Crippen LogP contribution in [0.4, 0.5) is 0 Å². The second kappa shape index (κ2) is 4.55. The number of aliphatic hydroxyl groups excluding tert-OH is 1. The van der Waals surface area contributed by atoms with Crippen molar-refractivity contribution < 1.29 is 9.84 Å². The molecule has 1 saturated heterocycles. The number of aliphatic hydroxyl groups is 1. The lowest BCUT2D eigenvalue weighted by Gasteiger charge is -2.31. The lowest BCUT2D eigenvalue weighted by atomic mass is 9.73. The van der Waals surface area contributed by atoms with Crippen molar-refractivity contribution in [3.05, 3.63) is 59.3 Å². The Bertz CT molecular complexity index is 674. The molecule has 1 fully saturated rings. The maximum Gasteiger partial charge on any atom is 0.218 e. The first-order valence-electron chi connectivity index (χ1n) is 7.27. The van der Waals surface area contributed by atoms with Gasteiger partial charge >= 0.3 is 0 Å². The maximum absolute atomic E-state index is 9.88. The fourth-order valence-electron chi connectivity index (χ4n) is 3.83. The van der Waals surface area contributed by atoms with Crippen molar-refractivity contribution >= 4 is 0 Å². The Morgan fingerprint density at radius 1 is 1.33 bits per heavy atom. The minimum absolute atomic E-state index is 0.169. The molecular formula is C17H18N2O2. The van der Waals surface area contributed by atoms with E-state index in [1.807, 2.05) is 24.3 Å². The van der Waals surface area contributed by atoms with E-state index in [2.05, 4.69) is 22.4 Å². The van der Waals surface area contributed by atoms with Crippen LogP contribution in [0.3, 0.4) is 0 Å². The Morgan fingerprint density at radius 3 is 2.86 bits per heavy atom. The maximum atomic E-state index is 9.88. The average molecular weight is 282 g/mol. The van der Waals surface area contributed by atoms with Gasteiger partial charge in [-0.2, -0.15) is 0 Å². The van der Waals surface area contributed by atoms with E-state index >= 15 is 0 Å². The van der Waals surface area contributed by atoms with Gasteiger partial charge < -0.3 is 9.84 Å². The number of hydrogen-bond acceptors (Lipinski definition) is 4. The van der Waals surface area contributed by atoms with Crippen LogP contribution in [0.5, 0.6) is 5.88 Å². The van der Waals surface area contributed by atoms with Crippen LogP contribution in [0, 0.1) is 5.92 Å². The van der Waals surface area contributed by atoms with Crippen LogP contribution >= 0.6 is 0 Å². The summed E-state index contributed by atoms with van der Waals surface area (Å²) in [6, 6.07) is 12.6. The molecule has 21 heavy (non-hydrogen) atoms. The number of fused-ring (bicyclic) bond motifs is 3. The third-order valence-corrected chi connectivity index (χ3v) is 4.86. The first-order chi connectivity index (χ1) is 10.3. The Morgan fingerprint density at radius 2 is 2.14 bits per heavy atom. The highest BCUT2D eigenvalue weighted by atomic mass is 16.5. The van der Waals surface area contributed by atoms with Crippen LogP contribution in [-0.2, 0) is 12.0 Å². The summed E-state index contributed by atoms with van der Waals surface area (Å²) in [6.07, 6.45) is 2.62. The van der Waals surface area contributed by atoms with E-state index in [0.29, 0.717) is 5.88 Å². The van der Waals surface area contributed by atoms with Gasteiger partial charge in [-0.05, 0) is 23.6 Å². The molecular weight excluding hydrogens is 264 g/mol. The molecule has 0 bridgehead atoms. The quantitative estimate of drug-likeness (QED) is 0.843. The molecule has 4 heteroatoms. The molecule has 0 spiro atoms. The van der Waals surface area contributed by atoms with Gasteiger partial charge in [-0.15, -0.1) is 0 Å². The molecule has 2 N–H and O–H groups in total. The van der Waals surface area contributed by atoms with Crippen molar-refractivity contribution in [3.63, 3.8) is 0 Å². The summed E-state index contributed by atoms with van der Waals surface area (Å²) < 4.78 is 5.45. The van der Waals surface area contributed by atoms with Gasteiger partial charge in [0.2, 0.25) is 5.88 Å². The minimum atomic E-state index is -0.181. The average Bonchev–Trinajstić information content (AvgIpc) is 3.31. The van der Waals surface area contributed by atoms with Crippen molar-refractivity contribution in [2.24, 2.45) is 5.92 Å². The van der Waals surface area contributed by atoms with Crippen molar-refractivity contribution in [1.29, 1.82) is 0 Å². The highest BCUT2D eigenvalue weighted by Crippen LogP contribution is 2.59. The highest BCUT2D eigenvalue weighted by molar-refractivity contribution is 5.52. The van der Waals surface area contributed by atoms with Crippen LogP contribution in [0.2, 0.25) is 0 Å². The monoisotopic (exact) mass is 282 g/mol. The molecule has 0 saturated carbocycles. The molecule has 1 aliphatic carbocycles. The van der Waals surface area contributed by atoms with E-state index in [0.717, 1.165) is 12.0 Å². The Balaban J connectivity index is 1.86. The summed E-state index contributed by atoms with van der Waals surface area (Å²) in [5.74, 6) is 0.865. The summed E-state index contributed by atoms with van der Waals surface area (Å²) >= 11 is 0. The molecule has 0 unspecified atom stereocenters. The first kappa shape index (κ1) is 12.8. The van der Waals surface area contributed by atoms with E-state index in [1.165, 1.54) is 11.1 Å². The number of aromatic nitrogens is 1. The van der Waals surface area contributed by atoms with Crippen molar-refractivity contribution in [2.45, 2.75) is 18.0 Å². The van der Waals surface area contributed by atoms with Gasteiger partial charge in [-0.25, -0.2) is 4.98 Å². The number of ether oxygens (including phenoxy) is 1. The number of rotatable bonds is 3. The summed E-state index contributed by atoms with van der Waals surface area (Å²) in [6.45, 7) is 0.169. The normalized spacial score (nSPS) is 29.4. The summed E-state index contributed by atoms with van der Waals surface area (Å²) in [5.41, 5.74) is 3.42. The third kappa shape index (κ3) is 1.66. The largest absolute Gasteiger partial charge is 0.481 e. The Hall–Kier alpha value is -1.91. The van der Waals surface area contributed by atoms with Crippen molar-refractivity contribution in [3.8, 4) is 5.88 Å². The molecule has 1 aromatic carbocycles. The van der Waals surface area contributed by atoms with E-state index in [1.54, 1.807) is 13.3 Å². The van der Waals surface area contributed by atoms with Gasteiger partial charge in [-0.3, -0.25) is 5.32 Å². The molecule has 0 radical (unpaired) electrons. The predicted octanol–water partition coefficient (Wildman–Crippen LogP) is 1.79. The van der Waals surface area contributed by atoms with Gasteiger partial charge in [-0.1, -0.05) is 30.3 Å². The summed E-state index contributed by atoms with van der Waals surface area (Å²) in [5, 5.41) is 13.5. The van der Waals surface area contributed by atoms with E-state index in [4.69, 9.17) is 4.74 Å². The molecule has 2 aliphatic rings. The standard InChI is InChI=1S/C17H18N2O2/c1-21-16-14-11(7-8-18-16)9-13(10-20)17(15(14)19-17)12-5-3-2-4-6-12/h2-8,13,15,19-20H,9-10H2,1H3/t13-,15-,17+/m0/s1. The number of hydrogen-bond donors (Lipinski definition) is 2. The lowest BCUT2D eigenvalue weighted by Crippen LogP contribution is -2.33. The molecule has 4 rings (SSSR count). The molecule has 3 atom stereocenters. The fourth-order valence-corrected chi connectivity index (χ4v) is 3.83. The lowest BCUT2D eigenvalue weighted by molar-refractivity contribution is 0.183. The van der Waals surface area contributed by atoms with Crippen LogP contribution in [0.1, 0.15) is 22.7 Å². The summed E-state index contributed by atoms with van der Waals surface area (Å²) in [4.78, 5) is 4.34. The van der Waals surface area contributed by atoms with Crippen LogP contribution in [0.25, 0.3) is 0 Å². The number of nitrogens with one attached hydrogen (secondary N) is 1. The molecule has 108 valence electrons.